The fraction of sp³-hybridized carbons (Fsp3) is 0.273. The molecule has 0 aliphatic carbocycles. The van der Waals surface area contributed by atoms with Crippen LogP contribution in [0.1, 0.15) is 37.9 Å². The SMILES string of the molecule is CC(C)(C)OC(=O)NCC(c1c[nH]c2ccc(Br)cc12)[N+]([O-])=Cc1ccccc1. The standard InChI is InChI=1S/C22H24BrN3O3/c1-22(2,3)29-21(27)25-13-20(26(28)14-15-7-5-4-6-8-15)18-12-24-19-10-9-16(23)11-17(18)19/h4-12,14,20,24H,13H2,1-3H3,(H,25,27). The highest BCUT2D eigenvalue weighted by atomic mass is 79.9. The molecule has 1 aromatic heterocycles. The molecule has 6 nitrogen and oxygen atoms in total. The summed E-state index contributed by atoms with van der Waals surface area (Å²) < 4.78 is 7.10. The zero-order valence-electron chi connectivity index (χ0n) is 16.6. The number of alkyl carbamates (subject to hydrolysis) is 1. The van der Waals surface area contributed by atoms with Gasteiger partial charge in [0.1, 0.15) is 5.60 Å². The van der Waals surface area contributed by atoms with Crippen LogP contribution < -0.4 is 5.32 Å². The summed E-state index contributed by atoms with van der Waals surface area (Å²) in [5.41, 5.74) is 1.88. The third-order valence-electron chi connectivity index (χ3n) is 4.26. The fourth-order valence-corrected chi connectivity index (χ4v) is 3.36. The molecule has 0 saturated heterocycles. The van der Waals surface area contributed by atoms with Gasteiger partial charge in [-0.3, -0.25) is 0 Å². The van der Waals surface area contributed by atoms with Crippen molar-refractivity contribution < 1.29 is 14.3 Å². The molecule has 0 saturated carbocycles. The first-order valence-electron chi connectivity index (χ1n) is 9.32. The molecule has 0 spiro atoms. The van der Waals surface area contributed by atoms with Crippen LogP contribution in [0, 0.1) is 5.21 Å². The normalized spacial score (nSPS) is 13.3. The summed E-state index contributed by atoms with van der Waals surface area (Å²) in [6.07, 6.45) is 2.78. The van der Waals surface area contributed by atoms with Crippen molar-refractivity contribution in [3.05, 3.63) is 75.5 Å². The van der Waals surface area contributed by atoms with Gasteiger partial charge in [-0.15, -0.1) is 0 Å². The topological polar surface area (TPSA) is 80.2 Å². The molecule has 1 unspecified atom stereocenters. The van der Waals surface area contributed by atoms with Crippen molar-refractivity contribution in [2.75, 3.05) is 6.54 Å². The van der Waals surface area contributed by atoms with Gasteiger partial charge in [0, 0.05) is 32.7 Å². The van der Waals surface area contributed by atoms with Gasteiger partial charge in [-0.1, -0.05) is 34.1 Å². The Balaban J connectivity index is 1.93. The Kier molecular flexibility index (Phi) is 6.27. The molecule has 0 fully saturated rings. The minimum atomic E-state index is -0.634. The van der Waals surface area contributed by atoms with Crippen molar-refractivity contribution in [2.45, 2.75) is 32.4 Å². The van der Waals surface area contributed by atoms with Crippen LogP contribution in [0.4, 0.5) is 4.79 Å². The number of hydroxylamine groups is 1. The van der Waals surface area contributed by atoms with Crippen LogP contribution in [-0.2, 0) is 4.74 Å². The summed E-state index contributed by atoms with van der Waals surface area (Å²) >= 11 is 3.48. The van der Waals surface area contributed by atoms with Crippen molar-refractivity contribution in [3.63, 3.8) is 0 Å². The number of aromatic nitrogens is 1. The van der Waals surface area contributed by atoms with E-state index >= 15 is 0 Å². The molecule has 3 rings (SSSR count). The van der Waals surface area contributed by atoms with Crippen LogP contribution in [0.3, 0.4) is 0 Å². The summed E-state index contributed by atoms with van der Waals surface area (Å²) in [5.74, 6) is 0. The highest BCUT2D eigenvalue weighted by Crippen LogP contribution is 2.28. The van der Waals surface area contributed by atoms with Gasteiger partial charge in [0.25, 0.3) is 0 Å². The van der Waals surface area contributed by atoms with E-state index in [1.165, 1.54) is 6.21 Å². The molecule has 0 bridgehead atoms. The number of nitrogens with one attached hydrogen (secondary N) is 2. The average Bonchev–Trinajstić information content (AvgIpc) is 3.04. The molecule has 1 atom stereocenters. The second-order valence-corrected chi connectivity index (χ2v) is 8.65. The third-order valence-corrected chi connectivity index (χ3v) is 4.75. The molecule has 152 valence electrons. The van der Waals surface area contributed by atoms with Gasteiger partial charge >= 0.3 is 6.09 Å². The van der Waals surface area contributed by atoms with Gasteiger partial charge in [0.05, 0.1) is 6.54 Å². The summed E-state index contributed by atoms with van der Waals surface area (Å²) in [7, 11) is 0. The van der Waals surface area contributed by atoms with E-state index in [1.54, 1.807) is 20.8 Å². The number of H-pyrrole nitrogens is 1. The number of aromatic amines is 1. The minimum absolute atomic E-state index is 0.0984. The number of carbonyl (C=O) groups is 1. The molecule has 3 aromatic rings. The Labute approximate surface area is 178 Å². The monoisotopic (exact) mass is 457 g/mol. The number of hydrogen-bond donors (Lipinski definition) is 2. The van der Waals surface area contributed by atoms with Crippen LogP contribution in [0.25, 0.3) is 10.9 Å². The third kappa shape index (κ3) is 5.60. The Morgan fingerprint density at radius 3 is 2.69 bits per heavy atom. The van der Waals surface area contributed by atoms with Crippen molar-refractivity contribution in [2.24, 2.45) is 0 Å². The predicted octanol–water partition coefficient (Wildman–Crippen LogP) is 5.13. The van der Waals surface area contributed by atoms with Gasteiger partial charge in [0.2, 0.25) is 6.04 Å². The van der Waals surface area contributed by atoms with Crippen molar-refractivity contribution >= 4 is 39.1 Å². The molecular weight excluding hydrogens is 434 g/mol. The molecule has 2 aromatic carbocycles. The van der Waals surface area contributed by atoms with Gasteiger partial charge in [-0.2, -0.15) is 0 Å². The minimum Gasteiger partial charge on any atom is -0.623 e. The quantitative estimate of drug-likeness (QED) is 0.241. The molecule has 0 aliphatic rings. The maximum atomic E-state index is 13.1. The lowest BCUT2D eigenvalue weighted by Crippen LogP contribution is -2.36. The number of rotatable bonds is 5. The lowest BCUT2D eigenvalue weighted by Gasteiger charge is -2.21. The molecule has 1 heterocycles. The molecule has 29 heavy (non-hydrogen) atoms. The number of nitrogens with zero attached hydrogens (tertiary/aromatic N) is 1. The van der Waals surface area contributed by atoms with E-state index in [0.29, 0.717) is 0 Å². The zero-order valence-corrected chi connectivity index (χ0v) is 18.2. The second-order valence-electron chi connectivity index (χ2n) is 7.73. The summed E-state index contributed by atoms with van der Waals surface area (Å²) in [6.45, 7) is 5.49. The fourth-order valence-electron chi connectivity index (χ4n) is 3.00. The van der Waals surface area contributed by atoms with E-state index in [4.69, 9.17) is 4.74 Å². The number of hydrogen-bond acceptors (Lipinski definition) is 3. The van der Waals surface area contributed by atoms with Crippen molar-refractivity contribution in [3.8, 4) is 0 Å². The molecule has 0 radical (unpaired) electrons. The number of carbonyl (C=O) groups excluding carboxylic acids is 1. The Hall–Kier alpha value is -2.80. The summed E-state index contributed by atoms with van der Waals surface area (Å²) in [4.78, 5) is 15.3. The number of fused-ring (bicyclic) bond motifs is 1. The van der Waals surface area contributed by atoms with Gasteiger partial charge in [0.15, 0.2) is 6.21 Å². The van der Waals surface area contributed by atoms with E-state index < -0.39 is 17.7 Å². The first-order chi connectivity index (χ1) is 13.7. The molecule has 2 N–H and O–H groups in total. The maximum absolute atomic E-state index is 13.1. The molecule has 1 amide bonds. The smallest absolute Gasteiger partial charge is 0.407 e. The van der Waals surface area contributed by atoms with Gasteiger partial charge in [-0.05, 0) is 51.1 Å². The Morgan fingerprint density at radius 1 is 1.28 bits per heavy atom. The van der Waals surface area contributed by atoms with Crippen LogP contribution in [0.2, 0.25) is 0 Å². The highest BCUT2D eigenvalue weighted by molar-refractivity contribution is 9.10. The largest absolute Gasteiger partial charge is 0.623 e. The van der Waals surface area contributed by atoms with E-state index in [9.17, 15) is 10.0 Å². The number of halogens is 1. The van der Waals surface area contributed by atoms with Crippen LogP contribution in [0.15, 0.2) is 59.2 Å². The zero-order chi connectivity index (χ0) is 21.0. The van der Waals surface area contributed by atoms with Crippen molar-refractivity contribution in [1.82, 2.24) is 10.3 Å². The second kappa shape index (κ2) is 8.69. The van der Waals surface area contributed by atoms with Crippen molar-refractivity contribution in [1.29, 1.82) is 0 Å². The van der Waals surface area contributed by atoms with Crippen LogP contribution >= 0.6 is 15.9 Å². The van der Waals surface area contributed by atoms with E-state index in [-0.39, 0.29) is 6.54 Å². The Morgan fingerprint density at radius 2 is 2.00 bits per heavy atom. The summed E-state index contributed by atoms with van der Waals surface area (Å²) in [5, 5.41) is 16.7. The first-order valence-corrected chi connectivity index (χ1v) is 10.1. The Bertz CT molecular complexity index is 1020. The van der Waals surface area contributed by atoms with Gasteiger partial charge in [-0.25, -0.2) is 9.53 Å². The maximum Gasteiger partial charge on any atom is 0.407 e. The summed E-state index contributed by atoms with van der Waals surface area (Å²) in [6, 6.07) is 14.5. The van der Waals surface area contributed by atoms with Gasteiger partial charge < -0.3 is 20.2 Å². The lowest BCUT2D eigenvalue weighted by molar-refractivity contribution is -0.500. The molecule has 7 heteroatoms. The van der Waals surface area contributed by atoms with E-state index in [2.05, 4.69) is 26.2 Å². The van der Waals surface area contributed by atoms with Crippen LogP contribution in [0.5, 0.6) is 0 Å². The highest BCUT2D eigenvalue weighted by Gasteiger charge is 2.25. The number of ether oxygens (including phenoxy) is 1. The van der Waals surface area contributed by atoms with E-state index in [1.807, 2.05) is 54.7 Å². The molecular formula is C22H24BrN3O3. The molecule has 0 aliphatic heterocycles. The van der Waals surface area contributed by atoms with Crippen LogP contribution in [-0.4, -0.2) is 34.2 Å². The number of benzene rings is 2. The lowest BCUT2D eigenvalue weighted by atomic mass is 10.1. The number of amides is 1. The van der Waals surface area contributed by atoms with E-state index in [0.717, 1.165) is 31.2 Å². The predicted molar refractivity (Wildman–Crippen MR) is 118 cm³/mol. The average molecular weight is 458 g/mol. The first kappa shape index (κ1) is 20.9.